The van der Waals surface area contributed by atoms with Gasteiger partial charge in [-0.25, -0.2) is 8.42 Å². The minimum atomic E-state index is -3.54. The van der Waals surface area contributed by atoms with Crippen LogP contribution in [0.1, 0.15) is 31.7 Å². The number of hydrogen-bond donors (Lipinski definition) is 1. The zero-order valence-electron chi connectivity index (χ0n) is 11.9. The van der Waals surface area contributed by atoms with E-state index in [-0.39, 0.29) is 9.92 Å². The smallest absolute Gasteiger partial charge is 0.244 e. The zero-order chi connectivity index (χ0) is 14.9. The third kappa shape index (κ3) is 2.95. The summed E-state index contributed by atoms with van der Waals surface area (Å²) in [5, 5.41) is 0.246. The average molecular weight is 317 g/mol. The van der Waals surface area contributed by atoms with E-state index in [9.17, 15) is 8.42 Å². The second-order valence-corrected chi connectivity index (χ2v) is 7.76. The minimum Gasteiger partial charge on any atom is -0.398 e. The summed E-state index contributed by atoms with van der Waals surface area (Å²) < 4.78 is 26.8. The van der Waals surface area contributed by atoms with Gasteiger partial charge in [0.2, 0.25) is 10.0 Å². The standard InChI is InChI=1S/C14H21ClN2O2S/c1-3-4-11-5-6-17(9-11)20(18,19)14-8-13(16)10(2)7-12(14)15/h7-8,11H,3-6,9,16H2,1-2H3. The van der Waals surface area contributed by atoms with E-state index in [0.717, 1.165) is 24.8 Å². The van der Waals surface area contributed by atoms with Crippen molar-refractivity contribution in [2.75, 3.05) is 18.8 Å². The maximum absolute atomic E-state index is 12.7. The third-order valence-corrected chi connectivity index (χ3v) is 6.21. The Labute approximate surface area is 126 Å². The van der Waals surface area contributed by atoms with Gasteiger partial charge in [-0.3, -0.25) is 0 Å². The molecule has 0 aliphatic carbocycles. The number of aryl methyl sites for hydroxylation is 1. The summed E-state index contributed by atoms with van der Waals surface area (Å²) in [5.41, 5.74) is 7.07. The molecule has 0 bridgehead atoms. The fourth-order valence-corrected chi connectivity index (χ4v) is 4.79. The molecule has 112 valence electrons. The summed E-state index contributed by atoms with van der Waals surface area (Å²) in [4.78, 5) is 0.124. The van der Waals surface area contributed by atoms with Gasteiger partial charge >= 0.3 is 0 Å². The van der Waals surface area contributed by atoms with E-state index in [1.54, 1.807) is 6.07 Å². The van der Waals surface area contributed by atoms with E-state index in [1.807, 2.05) is 6.92 Å². The Morgan fingerprint density at radius 3 is 2.80 bits per heavy atom. The van der Waals surface area contributed by atoms with E-state index in [4.69, 9.17) is 17.3 Å². The van der Waals surface area contributed by atoms with Crippen molar-refractivity contribution < 1.29 is 8.42 Å². The Morgan fingerprint density at radius 2 is 2.15 bits per heavy atom. The number of nitrogens with two attached hydrogens (primary N) is 1. The molecular weight excluding hydrogens is 296 g/mol. The maximum Gasteiger partial charge on any atom is 0.244 e. The number of sulfonamides is 1. The first kappa shape index (κ1) is 15.6. The number of anilines is 1. The molecule has 2 rings (SSSR count). The summed E-state index contributed by atoms with van der Waals surface area (Å²) in [6.45, 7) is 5.08. The Morgan fingerprint density at radius 1 is 1.45 bits per heavy atom. The molecule has 20 heavy (non-hydrogen) atoms. The van der Waals surface area contributed by atoms with Crippen LogP contribution in [-0.4, -0.2) is 25.8 Å². The average Bonchev–Trinajstić information content (AvgIpc) is 2.83. The molecule has 1 aliphatic heterocycles. The Balaban J connectivity index is 2.30. The number of nitrogens with zero attached hydrogens (tertiary/aromatic N) is 1. The number of benzene rings is 1. The lowest BCUT2D eigenvalue weighted by molar-refractivity contribution is 0.444. The summed E-state index contributed by atoms with van der Waals surface area (Å²) in [5.74, 6) is 0.455. The fraction of sp³-hybridized carbons (Fsp3) is 0.571. The van der Waals surface area contributed by atoms with E-state index < -0.39 is 10.0 Å². The van der Waals surface area contributed by atoms with Crippen molar-refractivity contribution in [3.8, 4) is 0 Å². The van der Waals surface area contributed by atoms with Gasteiger partial charge in [0.1, 0.15) is 4.90 Å². The van der Waals surface area contributed by atoms with E-state index in [1.165, 1.54) is 10.4 Å². The summed E-state index contributed by atoms with van der Waals surface area (Å²) >= 11 is 6.10. The molecule has 1 aromatic rings. The molecule has 0 radical (unpaired) electrons. The number of rotatable bonds is 4. The van der Waals surface area contributed by atoms with Gasteiger partial charge in [0, 0.05) is 18.8 Å². The minimum absolute atomic E-state index is 0.124. The van der Waals surface area contributed by atoms with Crippen molar-refractivity contribution in [3.63, 3.8) is 0 Å². The molecule has 4 nitrogen and oxygen atoms in total. The molecule has 1 fully saturated rings. The molecule has 1 aromatic carbocycles. The van der Waals surface area contributed by atoms with Crippen LogP contribution >= 0.6 is 11.6 Å². The first-order valence-corrected chi connectivity index (χ1v) is 8.73. The Bertz CT molecular complexity index is 601. The van der Waals surface area contributed by atoms with Gasteiger partial charge in [0.15, 0.2) is 0 Å². The predicted molar refractivity (Wildman–Crippen MR) is 82.4 cm³/mol. The van der Waals surface area contributed by atoms with Crippen molar-refractivity contribution in [1.29, 1.82) is 0 Å². The molecule has 1 atom stereocenters. The van der Waals surface area contributed by atoms with Gasteiger partial charge in [0.25, 0.3) is 0 Å². The molecule has 2 N–H and O–H groups in total. The third-order valence-electron chi connectivity index (χ3n) is 3.88. The van der Waals surface area contributed by atoms with Gasteiger partial charge < -0.3 is 5.73 Å². The monoisotopic (exact) mass is 316 g/mol. The molecule has 1 aliphatic rings. The van der Waals surface area contributed by atoms with Crippen LogP contribution in [0.5, 0.6) is 0 Å². The van der Waals surface area contributed by atoms with E-state index >= 15 is 0 Å². The van der Waals surface area contributed by atoms with Crippen LogP contribution in [0.4, 0.5) is 5.69 Å². The van der Waals surface area contributed by atoms with Crippen molar-refractivity contribution in [3.05, 3.63) is 22.7 Å². The van der Waals surface area contributed by atoms with Crippen LogP contribution in [0.2, 0.25) is 5.02 Å². The molecule has 6 heteroatoms. The second kappa shape index (κ2) is 5.92. The largest absolute Gasteiger partial charge is 0.398 e. The molecule has 1 heterocycles. The van der Waals surface area contributed by atoms with Crippen molar-refractivity contribution >= 4 is 27.3 Å². The number of nitrogen functional groups attached to an aromatic ring is 1. The van der Waals surface area contributed by atoms with Crippen LogP contribution in [0.15, 0.2) is 17.0 Å². The Kier molecular flexibility index (Phi) is 4.62. The highest BCUT2D eigenvalue weighted by Crippen LogP contribution is 2.32. The van der Waals surface area contributed by atoms with Crippen molar-refractivity contribution in [1.82, 2.24) is 4.31 Å². The normalized spacial score (nSPS) is 20.4. The van der Waals surface area contributed by atoms with E-state index in [2.05, 4.69) is 6.92 Å². The van der Waals surface area contributed by atoms with Crippen LogP contribution in [0.3, 0.4) is 0 Å². The molecule has 0 amide bonds. The van der Waals surface area contributed by atoms with Gasteiger partial charge in [-0.05, 0) is 43.4 Å². The number of halogens is 1. The van der Waals surface area contributed by atoms with Gasteiger partial charge in [-0.2, -0.15) is 4.31 Å². The van der Waals surface area contributed by atoms with Crippen LogP contribution in [-0.2, 0) is 10.0 Å². The van der Waals surface area contributed by atoms with Crippen molar-refractivity contribution in [2.45, 2.75) is 38.0 Å². The highest BCUT2D eigenvalue weighted by Gasteiger charge is 2.33. The second-order valence-electron chi connectivity index (χ2n) is 5.45. The molecule has 0 spiro atoms. The van der Waals surface area contributed by atoms with Crippen LogP contribution in [0, 0.1) is 12.8 Å². The fourth-order valence-electron chi connectivity index (χ4n) is 2.66. The van der Waals surface area contributed by atoms with E-state index in [0.29, 0.717) is 24.7 Å². The van der Waals surface area contributed by atoms with Gasteiger partial charge in [0.05, 0.1) is 5.02 Å². The summed E-state index contributed by atoms with van der Waals surface area (Å²) in [6, 6.07) is 3.09. The summed E-state index contributed by atoms with van der Waals surface area (Å²) in [7, 11) is -3.54. The predicted octanol–water partition coefficient (Wildman–Crippen LogP) is 3.04. The number of hydrogen-bond acceptors (Lipinski definition) is 3. The SMILES string of the molecule is CCCC1CCN(S(=O)(=O)c2cc(N)c(C)cc2Cl)C1. The molecule has 1 unspecified atom stereocenters. The first-order chi connectivity index (χ1) is 9.36. The summed E-state index contributed by atoms with van der Waals surface area (Å²) in [6.07, 6.45) is 3.07. The lowest BCUT2D eigenvalue weighted by atomic mass is 10.0. The highest BCUT2D eigenvalue weighted by atomic mass is 35.5. The first-order valence-electron chi connectivity index (χ1n) is 6.92. The van der Waals surface area contributed by atoms with Crippen LogP contribution in [0.25, 0.3) is 0 Å². The van der Waals surface area contributed by atoms with Crippen LogP contribution < -0.4 is 5.73 Å². The zero-order valence-corrected chi connectivity index (χ0v) is 13.5. The van der Waals surface area contributed by atoms with Gasteiger partial charge in [-0.1, -0.05) is 24.9 Å². The molecule has 0 saturated carbocycles. The highest BCUT2D eigenvalue weighted by molar-refractivity contribution is 7.89. The molecule has 0 aromatic heterocycles. The lowest BCUT2D eigenvalue weighted by Gasteiger charge is -2.18. The molecular formula is C14H21ClN2O2S. The Hall–Kier alpha value is -0.780. The topological polar surface area (TPSA) is 63.4 Å². The van der Waals surface area contributed by atoms with Gasteiger partial charge in [-0.15, -0.1) is 0 Å². The maximum atomic E-state index is 12.7. The molecule has 1 saturated heterocycles. The quantitative estimate of drug-likeness (QED) is 0.868. The van der Waals surface area contributed by atoms with Crippen molar-refractivity contribution in [2.24, 2.45) is 5.92 Å². The lowest BCUT2D eigenvalue weighted by Crippen LogP contribution is -2.29.